The van der Waals surface area contributed by atoms with Crippen LogP contribution in [0.5, 0.6) is 0 Å². The Kier molecular flexibility index (Phi) is 3.77. The third kappa shape index (κ3) is 2.97. The fraction of sp³-hybridized carbons (Fsp3) is 0.214. The second-order valence-electron chi connectivity index (χ2n) is 4.11. The summed E-state index contributed by atoms with van der Waals surface area (Å²) in [5, 5.41) is 0. The number of hydrogen-bond donors (Lipinski definition) is 0. The first-order valence-corrected chi connectivity index (χ1v) is 5.70. The molecule has 0 fully saturated rings. The molecule has 0 bridgehead atoms. The Hall–Kier alpha value is -2.10. The minimum absolute atomic E-state index is 0.284. The number of hydrogen-bond acceptors (Lipinski definition) is 3. The van der Waals surface area contributed by atoms with Crippen LogP contribution >= 0.6 is 0 Å². The van der Waals surface area contributed by atoms with Gasteiger partial charge in [-0.25, -0.2) is 14.4 Å². The number of nitrogens with zero attached hydrogens (tertiary/aromatic N) is 2. The molecule has 1 aromatic carbocycles. The van der Waals surface area contributed by atoms with Gasteiger partial charge >= 0.3 is 0 Å². The Balaban J connectivity index is 2.10. The quantitative estimate of drug-likeness (QED) is 0.776. The maximum atomic E-state index is 13.5. The van der Waals surface area contributed by atoms with Crippen molar-refractivity contribution in [2.24, 2.45) is 0 Å². The average molecular weight is 244 g/mol. The van der Waals surface area contributed by atoms with Gasteiger partial charge in [0.15, 0.2) is 0 Å². The van der Waals surface area contributed by atoms with Gasteiger partial charge in [-0.15, -0.1) is 0 Å². The molecule has 0 radical (unpaired) electrons. The number of carbonyl (C=O) groups excluding carboxylic acids is 1. The summed E-state index contributed by atoms with van der Waals surface area (Å²) < 4.78 is 13.5. The monoisotopic (exact) mass is 244 g/mol. The van der Waals surface area contributed by atoms with E-state index in [2.05, 4.69) is 9.97 Å². The molecule has 0 N–H and O–H groups in total. The van der Waals surface area contributed by atoms with Crippen LogP contribution in [-0.4, -0.2) is 16.3 Å². The summed E-state index contributed by atoms with van der Waals surface area (Å²) in [7, 11) is 0. The average Bonchev–Trinajstić information content (AvgIpc) is 2.40. The fourth-order valence-corrected chi connectivity index (χ4v) is 1.69. The van der Waals surface area contributed by atoms with Crippen LogP contribution in [-0.2, 0) is 12.8 Å². The van der Waals surface area contributed by atoms with Crippen LogP contribution in [0.3, 0.4) is 0 Å². The van der Waals surface area contributed by atoms with E-state index >= 15 is 0 Å². The van der Waals surface area contributed by atoms with E-state index in [-0.39, 0.29) is 5.82 Å². The maximum absolute atomic E-state index is 13.5. The molecule has 2 aromatic rings. The molecule has 3 nitrogen and oxygen atoms in total. The highest BCUT2D eigenvalue weighted by molar-refractivity contribution is 5.74. The summed E-state index contributed by atoms with van der Waals surface area (Å²) >= 11 is 0. The second kappa shape index (κ2) is 5.49. The van der Waals surface area contributed by atoms with Crippen LogP contribution in [0.4, 0.5) is 4.39 Å². The highest BCUT2D eigenvalue weighted by Gasteiger charge is 2.04. The van der Waals surface area contributed by atoms with E-state index in [9.17, 15) is 9.18 Å². The van der Waals surface area contributed by atoms with Crippen molar-refractivity contribution >= 4 is 6.29 Å². The smallest absolute Gasteiger partial charge is 0.150 e. The molecule has 1 heterocycles. The van der Waals surface area contributed by atoms with Gasteiger partial charge in [-0.3, -0.25) is 4.79 Å². The standard InChI is InChI=1S/C14H13FN2O/c1-10-16-7-12(8-17-10)2-4-13-6-11(9-18)3-5-14(13)15/h3,5-9H,2,4H2,1H3. The molecule has 4 heteroatoms. The van der Waals surface area contributed by atoms with E-state index in [1.165, 1.54) is 12.1 Å². The van der Waals surface area contributed by atoms with Crippen LogP contribution in [0.1, 0.15) is 27.3 Å². The molecule has 0 amide bonds. The third-order valence-electron chi connectivity index (χ3n) is 2.72. The zero-order valence-corrected chi connectivity index (χ0v) is 10.1. The Morgan fingerprint density at radius 2 is 1.94 bits per heavy atom. The summed E-state index contributed by atoms with van der Waals surface area (Å²) in [6.07, 6.45) is 5.38. The van der Waals surface area contributed by atoms with E-state index in [4.69, 9.17) is 0 Å². The van der Waals surface area contributed by atoms with Gasteiger partial charge in [0.1, 0.15) is 17.9 Å². The van der Waals surface area contributed by atoms with E-state index in [0.29, 0.717) is 29.8 Å². The van der Waals surface area contributed by atoms with Crippen LogP contribution in [0.15, 0.2) is 30.6 Å². The Bertz CT molecular complexity index is 552. The number of aryl methyl sites for hydroxylation is 3. The van der Waals surface area contributed by atoms with Gasteiger partial charge in [0.05, 0.1) is 0 Å². The minimum Gasteiger partial charge on any atom is -0.298 e. The molecule has 2 rings (SSSR count). The molecule has 0 aliphatic heterocycles. The number of benzene rings is 1. The largest absolute Gasteiger partial charge is 0.298 e. The second-order valence-corrected chi connectivity index (χ2v) is 4.11. The molecule has 1 aromatic heterocycles. The van der Waals surface area contributed by atoms with Crippen LogP contribution in [0.2, 0.25) is 0 Å². The molecule has 18 heavy (non-hydrogen) atoms. The Morgan fingerprint density at radius 1 is 1.22 bits per heavy atom. The molecule has 0 atom stereocenters. The zero-order valence-electron chi connectivity index (χ0n) is 10.1. The number of carbonyl (C=O) groups is 1. The van der Waals surface area contributed by atoms with E-state index in [0.717, 1.165) is 11.8 Å². The summed E-state index contributed by atoms with van der Waals surface area (Å²) in [5.41, 5.74) is 1.99. The summed E-state index contributed by atoms with van der Waals surface area (Å²) in [4.78, 5) is 18.8. The van der Waals surface area contributed by atoms with Gasteiger partial charge in [-0.2, -0.15) is 0 Å². The molecule has 0 unspecified atom stereocenters. The summed E-state index contributed by atoms with van der Waals surface area (Å²) in [6.45, 7) is 1.82. The van der Waals surface area contributed by atoms with Gasteiger partial charge in [-0.1, -0.05) is 0 Å². The summed E-state index contributed by atoms with van der Waals surface area (Å²) in [5.74, 6) is 0.432. The third-order valence-corrected chi connectivity index (χ3v) is 2.72. The van der Waals surface area contributed by atoms with Gasteiger partial charge in [0, 0.05) is 18.0 Å². The highest BCUT2D eigenvalue weighted by atomic mass is 19.1. The lowest BCUT2D eigenvalue weighted by Crippen LogP contribution is -1.98. The lowest BCUT2D eigenvalue weighted by atomic mass is 10.0. The first-order valence-electron chi connectivity index (χ1n) is 5.70. The number of rotatable bonds is 4. The molecule has 0 saturated carbocycles. The topological polar surface area (TPSA) is 42.9 Å². The molecule has 0 aliphatic carbocycles. The van der Waals surface area contributed by atoms with Crippen LogP contribution < -0.4 is 0 Å². The van der Waals surface area contributed by atoms with Crippen molar-refractivity contribution < 1.29 is 9.18 Å². The lowest BCUT2D eigenvalue weighted by molar-refractivity contribution is 0.112. The van der Waals surface area contributed by atoms with Crippen molar-refractivity contribution in [2.75, 3.05) is 0 Å². The van der Waals surface area contributed by atoms with Gasteiger partial charge in [0.25, 0.3) is 0 Å². The Morgan fingerprint density at radius 3 is 2.61 bits per heavy atom. The molecule has 0 saturated heterocycles. The summed E-state index contributed by atoms with van der Waals surface area (Å²) in [6, 6.07) is 4.38. The highest BCUT2D eigenvalue weighted by Crippen LogP contribution is 2.12. The SMILES string of the molecule is Cc1ncc(CCc2cc(C=O)ccc2F)cn1. The van der Waals surface area contributed by atoms with Crippen molar-refractivity contribution in [3.63, 3.8) is 0 Å². The van der Waals surface area contributed by atoms with Crippen molar-refractivity contribution in [3.05, 3.63) is 58.9 Å². The first-order chi connectivity index (χ1) is 8.69. The maximum Gasteiger partial charge on any atom is 0.150 e. The fourth-order valence-electron chi connectivity index (χ4n) is 1.69. The molecule has 0 spiro atoms. The first kappa shape index (κ1) is 12.4. The molecule has 0 aliphatic rings. The van der Waals surface area contributed by atoms with Gasteiger partial charge < -0.3 is 0 Å². The van der Waals surface area contributed by atoms with Crippen LogP contribution in [0.25, 0.3) is 0 Å². The molecular weight excluding hydrogens is 231 g/mol. The van der Waals surface area contributed by atoms with Crippen molar-refractivity contribution in [1.82, 2.24) is 9.97 Å². The number of aldehydes is 1. The van der Waals surface area contributed by atoms with E-state index in [1.54, 1.807) is 18.5 Å². The predicted octanol–water partition coefficient (Wildman–Crippen LogP) is 2.52. The molecule has 92 valence electrons. The van der Waals surface area contributed by atoms with Crippen LogP contribution in [0, 0.1) is 12.7 Å². The van der Waals surface area contributed by atoms with Crippen molar-refractivity contribution in [3.8, 4) is 0 Å². The lowest BCUT2D eigenvalue weighted by Gasteiger charge is -2.04. The normalized spacial score (nSPS) is 10.3. The zero-order chi connectivity index (χ0) is 13.0. The van der Waals surface area contributed by atoms with Crippen molar-refractivity contribution in [2.45, 2.75) is 19.8 Å². The minimum atomic E-state index is -0.284. The predicted molar refractivity (Wildman–Crippen MR) is 66.0 cm³/mol. The van der Waals surface area contributed by atoms with Gasteiger partial charge in [0.2, 0.25) is 0 Å². The molecular formula is C14H13FN2O. The Labute approximate surface area is 105 Å². The van der Waals surface area contributed by atoms with E-state index < -0.39 is 0 Å². The van der Waals surface area contributed by atoms with E-state index in [1.807, 2.05) is 6.92 Å². The van der Waals surface area contributed by atoms with Gasteiger partial charge in [-0.05, 0) is 49.1 Å². The number of halogens is 1. The number of aromatic nitrogens is 2. The van der Waals surface area contributed by atoms with Crippen molar-refractivity contribution in [1.29, 1.82) is 0 Å².